The third-order valence-electron chi connectivity index (χ3n) is 4.98. The molecular formula is C21H36N6O10. The van der Waals surface area contributed by atoms with E-state index < -0.39 is 60.1 Å². The smallest absolute Gasteiger partial charge is 0.334 e. The fraction of sp³-hybridized carbons (Fsp3) is 0.524. The van der Waals surface area contributed by atoms with Gasteiger partial charge in [-0.25, -0.2) is 4.79 Å². The second kappa shape index (κ2) is 14.4. The van der Waals surface area contributed by atoms with Crippen molar-refractivity contribution in [2.24, 2.45) is 0 Å². The first-order valence-corrected chi connectivity index (χ1v) is 11.4. The molecule has 0 aliphatic carbocycles. The Morgan fingerprint density at radius 2 is 1.46 bits per heavy atom. The lowest BCUT2D eigenvalue weighted by Crippen LogP contribution is -2.46. The topological polar surface area (TPSA) is 221 Å². The molecule has 0 aromatic rings. The molecule has 2 aliphatic rings. The zero-order valence-corrected chi connectivity index (χ0v) is 19.8. The van der Waals surface area contributed by atoms with Crippen LogP contribution < -0.4 is 21.3 Å². The van der Waals surface area contributed by atoms with Crippen LogP contribution in [0, 0.1) is 0 Å². The molecule has 0 aromatic carbocycles. The molecule has 210 valence electrons. The lowest BCUT2D eigenvalue weighted by atomic mass is 10.2. The van der Waals surface area contributed by atoms with Gasteiger partial charge in [0.25, 0.3) is 23.6 Å². The van der Waals surface area contributed by atoms with Gasteiger partial charge in [-0.2, -0.15) is 0 Å². The molecule has 2 aliphatic heterocycles. The van der Waals surface area contributed by atoms with Crippen molar-refractivity contribution < 1.29 is 54.0 Å². The number of hydrogen-bond acceptors (Lipinski definition) is 11. The highest BCUT2D eigenvalue weighted by Gasteiger charge is 2.32. The minimum Gasteiger partial charge on any atom is -0.377 e. The van der Waals surface area contributed by atoms with Crippen molar-refractivity contribution >= 4 is 47.3 Å². The molecule has 1 atom stereocenters. The molecule has 0 radical (unpaired) electrons. The standard InChI is InChI=1S/C21H28N6O10.4H2/c28-13(2-1-9-26-17(32)3-4-18(26)33)23-11-15(30)25-12-16(31)24-10-14(29)22-8-7-21(36)37-27-19(34)5-6-20(27)35;;;;/h3-4,14,22,29H,1-2,5-12H2,(H,23,28)(H,24,31)(H,25,30);4*1H. The van der Waals surface area contributed by atoms with Gasteiger partial charge in [0.1, 0.15) is 6.23 Å². The highest BCUT2D eigenvalue weighted by molar-refractivity contribution is 6.12. The summed E-state index contributed by atoms with van der Waals surface area (Å²) in [5, 5.41) is 19.7. The van der Waals surface area contributed by atoms with Gasteiger partial charge in [-0.1, -0.05) is 0 Å². The fourth-order valence-corrected chi connectivity index (χ4v) is 3.05. The summed E-state index contributed by atoms with van der Waals surface area (Å²) in [6.07, 6.45) is 0.966. The number of hydrogen-bond donors (Lipinski definition) is 5. The summed E-state index contributed by atoms with van der Waals surface area (Å²) >= 11 is 0. The van der Waals surface area contributed by atoms with E-state index in [-0.39, 0.29) is 64.0 Å². The Morgan fingerprint density at radius 3 is 2.08 bits per heavy atom. The van der Waals surface area contributed by atoms with Crippen molar-refractivity contribution in [3.63, 3.8) is 0 Å². The largest absolute Gasteiger partial charge is 0.377 e. The molecule has 16 heteroatoms. The second-order valence-corrected chi connectivity index (χ2v) is 7.89. The van der Waals surface area contributed by atoms with Gasteiger partial charge in [0.15, 0.2) is 0 Å². The van der Waals surface area contributed by atoms with Crippen LogP contribution in [0.15, 0.2) is 12.2 Å². The van der Waals surface area contributed by atoms with Crippen molar-refractivity contribution in [1.82, 2.24) is 31.2 Å². The number of aliphatic hydroxyl groups is 1. The maximum Gasteiger partial charge on any atom is 0.334 e. The summed E-state index contributed by atoms with van der Waals surface area (Å²) in [7, 11) is 0. The Morgan fingerprint density at radius 1 is 0.892 bits per heavy atom. The summed E-state index contributed by atoms with van der Waals surface area (Å²) in [5.41, 5.74) is 0. The summed E-state index contributed by atoms with van der Waals surface area (Å²) in [5.74, 6) is -4.68. The van der Waals surface area contributed by atoms with Crippen molar-refractivity contribution in [2.75, 3.05) is 32.7 Å². The Hall–Kier alpha value is -4.18. The number of amides is 7. The van der Waals surface area contributed by atoms with E-state index in [4.69, 9.17) is 0 Å². The maximum atomic E-state index is 11.8. The zero-order chi connectivity index (χ0) is 27.4. The number of carbonyl (C=O) groups is 8. The van der Waals surface area contributed by atoms with Crippen molar-refractivity contribution in [3.05, 3.63) is 12.2 Å². The molecule has 1 unspecified atom stereocenters. The molecule has 7 amide bonds. The van der Waals surface area contributed by atoms with Crippen LogP contribution in [0.1, 0.15) is 37.8 Å². The molecule has 5 N–H and O–H groups in total. The van der Waals surface area contributed by atoms with Crippen LogP contribution in [0.2, 0.25) is 0 Å². The second-order valence-electron chi connectivity index (χ2n) is 7.89. The van der Waals surface area contributed by atoms with Gasteiger partial charge >= 0.3 is 5.97 Å². The normalized spacial score (nSPS) is 15.7. The molecule has 37 heavy (non-hydrogen) atoms. The van der Waals surface area contributed by atoms with Crippen molar-refractivity contribution in [1.29, 1.82) is 0 Å². The van der Waals surface area contributed by atoms with Gasteiger partial charge in [-0.3, -0.25) is 43.8 Å². The Labute approximate surface area is 216 Å². The molecule has 2 heterocycles. The van der Waals surface area contributed by atoms with Gasteiger partial charge in [0, 0.05) is 50.2 Å². The van der Waals surface area contributed by atoms with Crippen LogP contribution in [0.25, 0.3) is 0 Å². The van der Waals surface area contributed by atoms with Gasteiger partial charge in [-0.15, -0.1) is 5.06 Å². The molecule has 1 fully saturated rings. The number of carbonyl (C=O) groups excluding carboxylic acids is 8. The number of imide groups is 2. The molecule has 16 nitrogen and oxygen atoms in total. The van der Waals surface area contributed by atoms with E-state index in [2.05, 4.69) is 26.1 Å². The van der Waals surface area contributed by atoms with E-state index in [1.807, 2.05) is 0 Å². The highest BCUT2D eigenvalue weighted by atomic mass is 16.7. The quantitative estimate of drug-likeness (QED) is 0.105. The molecular weight excluding hydrogens is 496 g/mol. The Bertz CT molecular complexity index is 966. The average Bonchev–Trinajstić information content (AvgIpc) is 3.35. The first kappa shape index (κ1) is 29.1. The highest BCUT2D eigenvalue weighted by Crippen LogP contribution is 2.12. The van der Waals surface area contributed by atoms with E-state index in [9.17, 15) is 43.5 Å². The number of rotatable bonds is 15. The minimum atomic E-state index is -1.23. The summed E-state index contributed by atoms with van der Waals surface area (Å²) < 4.78 is 0. The summed E-state index contributed by atoms with van der Waals surface area (Å²) in [4.78, 5) is 98.2. The van der Waals surface area contributed by atoms with Crippen LogP contribution >= 0.6 is 0 Å². The third-order valence-corrected chi connectivity index (χ3v) is 4.98. The lowest BCUT2D eigenvalue weighted by Gasteiger charge is -2.15. The van der Waals surface area contributed by atoms with Crippen LogP contribution in [0.3, 0.4) is 0 Å². The fourth-order valence-electron chi connectivity index (χ4n) is 3.05. The van der Waals surface area contributed by atoms with Gasteiger partial charge in [0.2, 0.25) is 17.7 Å². The SMILES string of the molecule is O=C(CCCN1C(=O)C=CC1=O)NCC(=O)NCC(=O)NCC(O)NCCC(=O)ON1C(=O)CCC1=O.[HH].[HH].[HH].[HH]. The molecule has 0 spiro atoms. The number of nitrogens with one attached hydrogen (secondary N) is 4. The number of nitrogens with zero attached hydrogens (tertiary/aromatic N) is 2. The third kappa shape index (κ3) is 10.1. The minimum absolute atomic E-state index is 0. The van der Waals surface area contributed by atoms with Crippen LogP contribution in [-0.2, 0) is 43.2 Å². The summed E-state index contributed by atoms with van der Waals surface area (Å²) in [6, 6.07) is 0. The molecule has 0 aromatic heterocycles. The Balaban J connectivity index is -0.00000361. The number of hydroxylamine groups is 2. The van der Waals surface area contributed by atoms with E-state index in [1.165, 1.54) is 0 Å². The van der Waals surface area contributed by atoms with Crippen molar-refractivity contribution in [2.45, 2.75) is 38.3 Å². The van der Waals surface area contributed by atoms with E-state index >= 15 is 0 Å². The van der Waals surface area contributed by atoms with Gasteiger partial charge in [0.05, 0.1) is 26.1 Å². The van der Waals surface area contributed by atoms with Crippen LogP contribution in [-0.4, -0.2) is 101 Å². The van der Waals surface area contributed by atoms with E-state index in [0.717, 1.165) is 17.1 Å². The molecule has 1 saturated heterocycles. The molecule has 0 bridgehead atoms. The molecule has 0 saturated carbocycles. The first-order valence-electron chi connectivity index (χ1n) is 11.4. The van der Waals surface area contributed by atoms with Gasteiger partial charge < -0.3 is 25.9 Å². The van der Waals surface area contributed by atoms with Crippen molar-refractivity contribution in [3.8, 4) is 0 Å². The monoisotopic (exact) mass is 532 g/mol. The predicted molar refractivity (Wildman–Crippen MR) is 128 cm³/mol. The van der Waals surface area contributed by atoms with E-state index in [0.29, 0.717) is 5.06 Å². The van der Waals surface area contributed by atoms with E-state index in [1.54, 1.807) is 0 Å². The predicted octanol–water partition coefficient (Wildman–Crippen LogP) is -3.07. The lowest BCUT2D eigenvalue weighted by molar-refractivity contribution is -0.197. The Kier molecular flexibility index (Phi) is 11.3. The first-order chi connectivity index (χ1) is 17.6. The zero-order valence-electron chi connectivity index (χ0n) is 19.8. The van der Waals surface area contributed by atoms with Gasteiger partial charge in [-0.05, 0) is 6.42 Å². The average molecular weight is 533 g/mol. The maximum absolute atomic E-state index is 11.8. The molecule has 2 rings (SSSR count). The summed E-state index contributed by atoms with van der Waals surface area (Å²) in [6.45, 7) is -1.04. The number of aliphatic hydroxyl groups excluding tert-OH is 1. The van der Waals surface area contributed by atoms with Crippen LogP contribution in [0.5, 0.6) is 0 Å². The van der Waals surface area contributed by atoms with Crippen LogP contribution in [0.4, 0.5) is 0 Å².